The molecule has 2 heteroatoms. The summed E-state index contributed by atoms with van der Waals surface area (Å²) in [5.74, 6) is 0.667. The second kappa shape index (κ2) is 8.44. The van der Waals surface area contributed by atoms with Crippen LogP contribution in [0.1, 0.15) is 65.0 Å². The van der Waals surface area contributed by atoms with Gasteiger partial charge in [-0.2, -0.15) is 0 Å². The van der Waals surface area contributed by atoms with Gasteiger partial charge in [0.25, 0.3) is 0 Å². The Morgan fingerprint density at radius 3 is 2.57 bits per heavy atom. The van der Waals surface area contributed by atoms with E-state index in [1.54, 1.807) is 0 Å². The van der Waals surface area contributed by atoms with Crippen molar-refractivity contribution >= 4 is 17.5 Å². The van der Waals surface area contributed by atoms with Crippen molar-refractivity contribution in [3.05, 3.63) is 35.9 Å². The Bertz CT molecular complexity index is 557. The molecule has 0 amide bonds. The standard InChI is InChI=1S/C21H34N2/c1-8-18-12-10-11-16(5)20(18)23-17(6)19(22)13-14-21(7,9-2)15(3)4/h8,10-12,15,19H,1,9,13-14,22H2,2-7H3/b23-17+. The van der Waals surface area contributed by atoms with E-state index in [0.717, 1.165) is 35.4 Å². The van der Waals surface area contributed by atoms with Crippen LogP contribution < -0.4 is 5.73 Å². The molecule has 2 nitrogen and oxygen atoms in total. The molecule has 2 unspecified atom stereocenters. The number of benzene rings is 1. The summed E-state index contributed by atoms with van der Waals surface area (Å²) in [6.45, 7) is 17.3. The largest absolute Gasteiger partial charge is 0.323 e. The first-order valence-electron chi connectivity index (χ1n) is 8.78. The fourth-order valence-corrected chi connectivity index (χ4v) is 2.83. The second-order valence-electron chi connectivity index (χ2n) is 7.28. The molecule has 128 valence electrons. The quantitative estimate of drug-likeness (QED) is 0.595. The van der Waals surface area contributed by atoms with Crippen LogP contribution in [0.15, 0.2) is 29.8 Å². The van der Waals surface area contributed by atoms with Gasteiger partial charge >= 0.3 is 0 Å². The van der Waals surface area contributed by atoms with Crippen LogP contribution >= 0.6 is 0 Å². The number of nitrogens with zero attached hydrogens (tertiary/aromatic N) is 1. The van der Waals surface area contributed by atoms with E-state index in [-0.39, 0.29) is 6.04 Å². The van der Waals surface area contributed by atoms with E-state index in [1.165, 1.54) is 6.42 Å². The fourth-order valence-electron chi connectivity index (χ4n) is 2.83. The van der Waals surface area contributed by atoms with Crippen molar-refractivity contribution < 1.29 is 0 Å². The van der Waals surface area contributed by atoms with Gasteiger partial charge in [0.05, 0.1) is 5.69 Å². The number of aryl methyl sites for hydroxylation is 1. The van der Waals surface area contributed by atoms with Gasteiger partial charge in [-0.1, -0.05) is 65.0 Å². The SMILES string of the molecule is C=Cc1cccc(C)c1/N=C(\C)C(N)CCC(C)(CC)C(C)C. The van der Waals surface area contributed by atoms with Gasteiger partial charge in [-0.25, -0.2) is 0 Å². The maximum Gasteiger partial charge on any atom is 0.0730 e. The highest BCUT2D eigenvalue weighted by Crippen LogP contribution is 2.36. The smallest absolute Gasteiger partial charge is 0.0730 e. The Hall–Kier alpha value is -1.41. The summed E-state index contributed by atoms with van der Waals surface area (Å²) >= 11 is 0. The fraction of sp³-hybridized carbons (Fsp3) is 0.571. The third-order valence-corrected chi connectivity index (χ3v) is 5.54. The lowest BCUT2D eigenvalue weighted by Crippen LogP contribution is -2.32. The third kappa shape index (κ3) is 5.04. The van der Waals surface area contributed by atoms with E-state index in [4.69, 9.17) is 10.7 Å². The molecule has 1 aromatic rings. The summed E-state index contributed by atoms with van der Waals surface area (Å²) in [5, 5.41) is 0. The Morgan fingerprint density at radius 1 is 1.39 bits per heavy atom. The first-order valence-corrected chi connectivity index (χ1v) is 8.78. The lowest BCUT2D eigenvalue weighted by atomic mass is 9.73. The van der Waals surface area contributed by atoms with Crippen molar-refractivity contribution in [1.82, 2.24) is 0 Å². The van der Waals surface area contributed by atoms with Crippen molar-refractivity contribution in [3.63, 3.8) is 0 Å². The minimum absolute atomic E-state index is 0.0110. The molecule has 1 aromatic carbocycles. The van der Waals surface area contributed by atoms with Crippen LogP contribution in [0, 0.1) is 18.3 Å². The molecule has 0 saturated heterocycles. The molecule has 2 N–H and O–H groups in total. The predicted octanol–water partition coefficient (Wildman–Crippen LogP) is 5.91. The monoisotopic (exact) mass is 314 g/mol. The Balaban J connectivity index is 2.89. The zero-order chi connectivity index (χ0) is 17.6. The highest BCUT2D eigenvalue weighted by molar-refractivity contribution is 5.90. The van der Waals surface area contributed by atoms with E-state index in [2.05, 4.69) is 47.3 Å². The van der Waals surface area contributed by atoms with E-state index < -0.39 is 0 Å². The zero-order valence-corrected chi connectivity index (χ0v) is 15.8. The van der Waals surface area contributed by atoms with Gasteiger partial charge in [0.15, 0.2) is 0 Å². The van der Waals surface area contributed by atoms with Crippen LogP contribution in [0.2, 0.25) is 0 Å². The first-order chi connectivity index (χ1) is 10.7. The molecule has 0 aliphatic heterocycles. The van der Waals surface area contributed by atoms with Crippen LogP contribution in [0.5, 0.6) is 0 Å². The molecule has 1 rings (SSSR count). The van der Waals surface area contributed by atoms with Crippen molar-refractivity contribution in [2.45, 2.75) is 66.8 Å². The predicted molar refractivity (Wildman–Crippen MR) is 104 cm³/mol. The van der Waals surface area contributed by atoms with Crippen LogP contribution in [-0.2, 0) is 0 Å². The van der Waals surface area contributed by atoms with Crippen LogP contribution in [-0.4, -0.2) is 11.8 Å². The minimum atomic E-state index is 0.0110. The molecule has 0 bridgehead atoms. The Morgan fingerprint density at radius 2 is 2.04 bits per heavy atom. The maximum absolute atomic E-state index is 6.41. The van der Waals surface area contributed by atoms with E-state index in [9.17, 15) is 0 Å². The van der Waals surface area contributed by atoms with E-state index >= 15 is 0 Å². The highest BCUT2D eigenvalue weighted by atomic mass is 14.8. The number of hydrogen-bond donors (Lipinski definition) is 1. The molecule has 0 radical (unpaired) electrons. The normalized spacial score (nSPS) is 16.3. The Kier molecular flexibility index (Phi) is 7.21. The summed E-state index contributed by atoms with van der Waals surface area (Å²) in [4.78, 5) is 4.82. The summed E-state index contributed by atoms with van der Waals surface area (Å²) in [6, 6.07) is 6.18. The number of aliphatic imine (C=N–C) groups is 1. The van der Waals surface area contributed by atoms with Gasteiger partial charge in [-0.05, 0) is 49.1 Å². The molecule has 23 heavy (non-hydrogen) atoms. The molecule has 0 aliphatic rings. The first kappa shape index (κ1) is 19.6. The number of hydrogen-bond acceptors (Lipinski definition) is 2. The van der Waals surface area contributed by atoms with Crippen LogP contribution in [0.25, 0.3) is 6.08 Å². The average molecular weight is 315 g/mol. The topological polar surface area (TPSA) is 38.4 Å². The summed E-state index contributed by atoms with van der Waals surface area (Å²) in [6.07, 6.45) is 5.16. The summed E-state index contributed by atoms with van der Waals surface area (Å²) < 4.78 is 0. The van der Waals surface area contributed by atoms with E-state index in [1.807, 2.05) is 25.1 Å². The average Bonchev–Trinajstić information content (AvgIpc) is 2.53. The van der Waals surface area contributed by atoms with E-state index in [0.29, 0.717) is 11.3 Å². The lowest BCUT2D eigenvalue weighted by molar-refractivity contribution is 0.184. The van der Waals surface area contributed by atoms with Gasteiger partial charge in [0, 0.05) is 11.8 Å². The highest BCUT2D eigenvalue weighted by Gasteiger charge is 2.26. The molecule has 2 atom stereocenters. The van der Waals surface area contributed by atoms with Crippen LogP contribution in [0.4, 0.5) is 5.69 Å². The lowest BCUT2D eigenvalue weighted by Gasteiger charge is -2.33. The summed E-state index contributed by atoms with van der Waals surface area (Å²) in [7, 11) is 0. The second-order valence-corrected chi connectivity index (χ2v) is 7.28. The number of nitrogens with two attached hydrogens (primary N) is 1. The summed E-state index contributed by atoms with van der Waals surface area (Å²) in [5.41, 5.74) is 11.0. The molecular weight excluding hydrogens is 280 g/mol. The molecule has 0 heterocycles. The van der Waals surface area contributed by atoms with Crippen LogP contribution in [0.3, 0.4) is 0 Å². The molecule has 0 aliphatic carbocycles. The molecule has 0 spiro atoms. The van der Waals surface area contributed by atoms with Crippen molar-refractivity contribution in [2.24, 2.45) is 22.1 Å². The Labute approximate surface area is 142 Å². The van der Waals surface area contributed by atoms with Crippen molar-refractivity contribution in [2.75, 3.05) is 0 Å². The minimum Gasteiger partial charge on any atom is -0.323 e. The number of para-hydroxylation sites is 1. The zero-order valence-electron chi connectivity index (χ0n) is 15.8. The molecule has 0 saturated carbocycles. The molecular formula is C21H34N2. The molecule has 0 aromatic heterocycles. The van der Waals surface area contributed by atoms with Gasteiger partial charge in [-0.15, -0.1) is 0 Å². The van der Waals surface area contributed by atoms with Gasteiger partial charge in [-0.3, -0.25) is 4.99 Å². The maximum atomic E-state index is 6.41. The van der Waals surface area contributed by atoms with Gasteiger partial charge < -0.3 is 5.73 Å². The number of rotatable bonds is 8. The third-order valence-electron chi connectivity index (χ3n) is 5.54. The molecule has 0 fully saturated rings. The van der Waals surface area contributed by atoms with Gasteiger partial charge in [0.1, 0.15) is 0 Å². The van der Waals surface area contributed by atoms with Crippen molar-refractivity contribution in [1.29, 1.82) is 0 Å². The van der Waals surface area contributed by atoms with Gasteiger partial charge in [0.2, 0.25) is 0 Å². The van der Waals surface area contributed by atoms with Crippen molar-refractivity contribution in [3.8, 4) is 0 Å².